The molecule has 0 N–H and O–H groups in total. The molecular weight excluding hydrogens is 144 g/mol. The number of Topliss-reactive ketones (excluding diaryl/α,β-unsaturated/α-hetero) is 1. The largest absolute Gasteiger partial charge is 0.372 e. The van der Waals surface area contributed by atoms with Crippen molar-refractivity contribution >= 4 is 5.78 Å². The molecule has 0 aromatic heterocycles. The van der Waals surface area contributed by atoms with Gasteiger partial charge in [-0.05, 0) is 0 Å². The summed E-state index contributed by atoms with van der Waals surface area (Å²) in [5.41, 5.74) is 0. The van der Waals surface area contributed by atoms with Crippen LogP contribution < -0.4 is 0 Å². The molecule has 3 bridgehead atoms. The van der Waals surface area contributed by atoms with E-state index in [4.69, 9.17) is 9.47 Å². The molecule has 0 radical (unpaired) electrons. The fourth-order valence-corrected chi connectivity index (χ4v) is 2.32. The lowest BCUT2D eigenvalue weighted by molar-refractivity contribution is -0.147. The number of ether oxygens (including phenoxy) is 2. The number of carbonyl (C=O) groups is 1. The average molecular weight is 154 g/mol. The van der Waals surface area contributed by atoms with Crippen LogP contribution in [0.3, 0.4) is 0 Å². The Labute approximate surface area is 64.7 Å². The zero-order valence-corrected chi connectivity index (χ0v) is 6.16. The van der Waals surface area contributed by atoms with Gasteiger partial charge in [0, 0.05) is 19.3 Å². The third kappa shape index (κ3) is 0.726. The summed E-state index contributed by atoms with van der Waals surface area (Å²) in [6.45, 7) is 0. The molecule has 3 nitrogen and oxygen atoms in total. The Morgan fingerprint density at radius 3 is 3.00 bits per heavy atom. The van der Waals surface area contributed by atoms with Gasteiger partial charge in [-0.25, -0.2) is 0 Å². The molecule has 0 saturated carbocycles. The fraction of sp³-hybridized carbons (Fsp3) is 0.875. The molecule has 0 aliphatic carbocycles. The molecule has 3 aliphatic heterocycles. The molecule has 3 heterocycles. The smallest absolute Gasteiger partial charge is 0.164 e. The Kier molecular flexibility index (Phi) is 1.03. The quantitative estimate of drug-likeness (QED) is 0.502. The molecular formula is C8H10O3. The van der Waals surface area contributed by atoms with Crippen molar-refractivity contribution in [2.24, 2.45) is 0 Å². The second-order valence-electron chi connectivity index (χ2n) is 3.60. The lowest BCUT2D eigenvalue weighted by atomic mass is 9.91. The molecule has 11 heavy (non-hydrogen) atoms. The predicted octanol–water partition coefficient (Wildman–Crippen LogP) is 0.274. The number of carbonyl (C=O) groups excluding carboxylic acids is 1. The molecule has 3 fully saturated rings. The van der Waals surface area contributed by atoms with Crippen LogP contribution in [0.4, 0.5) is 0 Å². The number of fused-ring (bicyclic) bond motifs is 2. The van der Waals surface area contributed by atoms with Crippen LogP contribution in [0.25, 0.3) is 0 Å². The first-order valence-corrected chi connectivity index (χ1v) is 4.16. The van der Waals surface area contributed by atoms with E-state index in [2.05, 4.69) is 0 Å². The summed E-state index contributed by atoms with van der Waals surface area (Å²) in [7, 11) is 0. The standard InChI is InChI=1S/C8H10O3/c9-5-3-8-7-2-4(10-8)1-6(5)11-7/h4,6-8H,1-3H2. The molecule has 4 unspecified atom stereocenters. The number of rotatable bonds is 0. The van der Waals surface area contributed by atoms with Crippen molar-refractivity contribution in [2.45, 2.75) is 43.7 Å². The summed E-state index contributed by atoms with van der Waals surface area (Å²) in [4.78, 5) is 11.2. The molecule has 0 aromatic carbocycles. The van der Waals surface area contributed by atoms with Crippen molar-refractivity contribution < 1.29 is 14.3 Å². The average Bonchev–Trinajstić information content (AvgIpc) is 2.19. The van der Waals surface area contributed by atoms with Crippen LogP contribution in [0.15, 0.2) is 0 Å². The van der Waals surface area contributed by atoms with Gasteiger partial charge in [0.1, 0.15) is 6.10 Å². The van der Waals surface area contributed by atoms with E-state index in [0.717, 1.165) is 12.8 Å². The van der Waals surface area contributed by atoms with Crippen LogP contribution >= 0.6 is 0 Å². The summed E-state index contributed by atoms with van der Waals surface area (Å²) < 4.78 is 11.1. The number of ketones is 1. The Balaban J connectivity index is 1.98. The highest BCUT2D eigenvalue weighted by atomic mass is 16.6. The van der Waals surface area contributed by atoms with Crippen molar-refractivity contribution in [1.29, 1.82) is 0 Å². The SMILES string of the molecule is O=C1CC2OC3CC1OC2C3. The summed E-state index contributed by atoms with van der Waals surface area (Å²) >= 11 is 0. The van der Waals surface area contributed by atoms with Gasteiger partial charge in [-0.1, -0.05) is 0 Å². The first-order valence-electron chi connectivity index (χ1n) is 4.16. The summed E-state index contributed by atoms with van der Waals surface area (Å²) in [6, 6.07) is 0. The van der Waals surface area contributed by atoms with Gasteiger partial charge in [-0.2, -0.15) is 0 Å². The van der Waals surface area contributed by atoms with E-state index >= 15 is 0 Å². The summed E-state index contributed by atoms with van der Waals surface area (Å²) in [5.74, 6) is 0.244. The van der Waals surface area contributed by atoms with Crippen LogP contribution in [-0.2, 0) is 14.3 Å². The van der Waals surface area contributed by atoms with E-state index in [1.54, 1.807) is 0 Å². The normalized spacial score (nSPS) is 53.6. The van der Waals surface area contributed by atoms with E-state index < -0.39 is 0 Å². The second kappa shape index (κ2) is 1.84. The van der Waals surface area contributed by atoms with Crippen LogP contribution in [0.2, 0.25) is 0 Å². The molecule has 3 rings (SSSR count). The predicted molar refractivity (Wildman–Crippen MR) is 36.2 cm³/mol. The first kappa shape index (κ1) is 6.14. The molecule has 60 valence electrons. The summed E-state index contributed by atoms with van der Waals surface area (Å²) in [6.07, 6.45) is 2.90. The van der Waals surface area contributed by atoms with Gasteiger partial charge in [0.2, 0.25) is 0 Å². The summed E-state index contributed by atoms with van der Waals surface area (Å²) in [5, 5.41) is 0. The minimum absolute atomic E-state index is 0.0891. The van der Waals surface area contributed by atoms with E-state index in [0.29, 0.717) is 12.5 Å². The topological polar surface area (TPSA) is 35.5 Å². The maximum absolute atomic E-state index is 11.2. The van der Waals surface area contributed by atoms with Crippen LogP contribution in [0, 0.1) is 0 Å². The lowest BCUT2D eigenvalue weighted by Crippen LogP contribution is -2.43. The van der Waals surface area contributed by atoms with E-state index in [9.17, 15) is 4.79 Å². The number of hydrogen-bond acceptors (Lipinski definition) is 3. The van der Waals surface area contributed by atoms with Crippen LogP contribution in [0.5, 0.6) is 0 Å². The molecule has 4 atom stereocenters. The minimum atomic E-state index is -0.127. The monoisotopic (exact) mass is 154 g/mol. The lowest BCUT2D eigenvalue weighted by Gasteiger charge is -2.30. The van der Waals surface area contributed by atoms with Crippen molar-refractivity contribution in [2.75, 3.05) is 0 Å². The van der Waals surface area contributed by atoms with Crippen LogP contribution in [-0.4, -0.2) is 30.2 Å². The first-order chi connectivity index (χ1) is 5.33. The zero-order valence-electron chi connectivity index (χ0n) is 6.16. The molecule has 3 saturated heterocycles. The Morgan fingerprint density at radius 1 is 1.18 bits per heavy atom. The zero-order chi connectivity index (χ0) is 7.42. The van der Waals surface area contributed by atoms with Crippen molar-refractivity contribution in [3.8, 4) is 0 Å². The molecule has 0 amide bonds. The second-order valence-corrected chi connectivity index (χ2v) is 3.60. The maximum atomic E-state index is 11.2. The van der Waals surface area contributed by atoms with Gasteiger partial charge in [0.25, 0.3) is 0 Å². The van der Waals surface area contributed by atoms with Crippen molar-refractivity contribution in [3.63, 3.8) is 0 Å². The highest BCUT2D eigenvalue weighted by Crippen LogP contribution is 2.39. The highest BCUT2D eigenvalue weighted by Gasteiger charge is 2.49. The fourth-order valence-electron chi connectivity index (χ4n) is 2.32. The molecule has 3 heteroatoms. The van der Waals surface area contributed by atoms with Crippen molar-refractivity contribution in [1.82, 2.24) is 0 Å². The third-order valence-corrected chi connectivity index (χ3v) is 2.85. The van der Waals surface area contributed by atoms with E-state index in [1.807, 2.05) is 0 Å². The van der Waals surface area contributed by atoms with Gasteiger partial charge in [-0.15, -0.1) is 0 Å². The van der Waals surface area contributed by atoms with Gasteiger partial charge < -0.3 is 9.47 Å². The van der Waals surface area contributed by atoms with Gasteiger partial charge in [0.15, 0.2) is 5.78 Å². The van der Waals surface area contributed by atoms with E-state index in [1.165, 1.54) is 0 Å². The Morgan fingerprint density at radius 2 is 2.09 bits per heavy atom. The van der Waals surface area contributed by atoms with Crippen LogP contribution in [0.1, 0.15) is 19.3 Å². The molecule has 0 aromatic rings. The van der Waals surface area contributed by atoms with E-state index in [-0.39, 0.29) is 24.1 Å². The third-order valence-electron chi connectivity index (χ3n) is 2.85. The van der Waals surface area contributed by atoms with Crippen molar-refractivity contribution in [3.05, 3.63) is 0 Å². The molecule has 0 spiro atoms. The van der Waals surface area contributed by atoms with Gasteiger partial charge >= 0.3 is 0 Å². The Hall–Kier alpha value is -0.410. The Bertz CT molecular complexity index is 211. The van der Waals surface area contributed by atoms with Gasteiger partial charge in [0.05, 0.1) is 18.3 Å². The minimum Gasteiger partial charge on any atom is -0.372 e. The van der Waals surface area contributed by atoms with Gasteiger partial charge in [-0.3, -0.25) is 4.79 Å². The maximum Gasteiger partial charge on any atom is 0.164 e. The molecule has 3 aliphatic rings. The number of hydrogen-bond donors (Lipinski definition) is 0. The highest BCUT2D eigenvalue weighted by molar-refractivity contribution is 5.84.